The number of rotatable bonds is 8. The van der Waals surface area contributed by atoms with Crippen LogP contribution in [-0.2, 0) is 9.47 Å². The molecule has 1 fully saturated rings. The summed E-state index contributed by atoms with van der Waals surface area (Å²) in [6.07, 6.45) is 0.903. The molecule has 7 heteroatoms. The van der Waals surface area contributed by atoms with Gasteiger partial charge in [0, 0.05) is 13.2 Å². The maximum Gasteiger partial charge on any atom is 0.322 e. The van der Waals surface area contributed by atoms with Gasteiger partial charge in [0.2, 0.25) is 0 Å². The maximum atomic E-state index is 12.8. The summed E-state index contributed by atoms with van der Waals surface area (Å²) in [6.45, 7) is 9.38. The van der Waals surface area contributed by atoms with E-state index < -0.39 is 0 Å². The second-order valence-electron chi connectivity index (χ2n) is 6.64. The lowest BCUT2D eigenvalue weighted by molar-refractivity contribution is 0.00856. The first kappa shape index (κ1) is 20.8. The second-order valence-corrected chi connectivity index (χ2v) is 7.05. The van der Waals surface area contributed by atoms with E-state index >= 15 is 0 Å². The van der Waals surface area contributed by atoms with Gasteiger partial charge in [-0.05, 0) is 31.4 Å². The molecule has 1 atom stereocenters. The van der Waals surface area contributed by atoms with E-state index in [1.54, 1.807) is 18.2 Å². The predicted octanol–water partition coefficient (Wildman–Crippen LogP) is 4.03. The topological polar surface area (TPSA) is 60.0 Å². The van der Waals surface area contributed by atoms with Gasteiger partial charge in [-0.25, -0.2) is 4.79 Å². The van der Waals surface area contributed by atoms with E-state index in [0.717, 1.165) is 6.42 Å². The van der Waals surface area contributed by atoms with E-state index in [9.17, 15) is 4.79 Å². The Labute approximate surface area is 160 Å². The number of carbonyl (C=O) groups excluding carboxylic acids is 1. The molecule has 6 nitrogen and oxygen atoms in total. The summed E-state index contributed by atoms with van der Waals surface area (Å²) >= 11 is 6.26. The van der Waals surface area contributed by atoms with Crippen molar-refractivity contribution in [2.75, 3.05) is 44.9 Å². The number of hydrogen-bond acceptors (Lipinski definition) is 4. The fourth-order valence-electron chi connectivity index (χ4n) is 2.95. The van der Waals surface area contributed by atoms with Crippen LogP contribution in [0.1, 0.15) is 27.2 Å². The molecule has 1 aromatic carbocycles. The van der Waals surface area contributed by atoms with Crippen molar-refractivity contribution in [1.82, 2.24) is 4.90 Å². The Bertz CT molecular complexity index is 583. The molecule has 0 radical (unpaired) electrons. The van der Waals surface area contributed by atoms with Crippen molar-refractivity contribution in [3.63, 3.8) is 0 Å². The van der Waals surface area contributed by atoms with E-state index in [-0.39, 0.29) is 12.1 Å². The van der Waals surface area contributed by atoms with E-state index in [1.807, 2.05) is 11.8 Å². The fourth-order valence-corrected chi connectivity index (χ4v) is 3.18. The smallest absolute Gasteiger partial charge is 0.322 e. The molecule has 0 spiro atoms. The molecule has 1 heterocycles. The predicted molar refractivity (Wildman–Crippen MR) is 103 cm³/mol. The number of nitrogens with one attached hydrogen (secondary N) is 1. The number of hydrogen-bond donors (Lipinski definition) is 1. The van der Waals surface area contributed by atoms with Gasteiger partial charge in [-0.2, -0.15) is 0 Å². The minimum atomic E-state index is -0.157. The summed E-state index contributed by atoms with van der Waals surface area (Å²) in [5.74, 6) is 0.955. The van der Waals surface area contributed by atoms with Crippen LogP contribution < -0.4 is 10.1 Å². The van der Waals surface area contributed by atoms with Crippen LogP contribution in [0.5, 0.6) is 5.75 Å². The highest BCUT2D eigenvalue weighted by Gasteiger charge is 2.28. The highest BCUT2D eigenvalue weighted by molar-refractivity contribution is 6.32. The minimum Gasteiger partial charge on any atom is -0.487 e. The summed E-state index contributed by atoms with van der Waals surface area (Å²) in [5, 5.41) is 3.40. The van der Waals surface area contributed by atoms with Crippen LogP contribution in [0, 0.1) is 5.92 Å². The standard InChI is InChI=1S/C19H29ClN2O4/c1-4-24-10-11-26-18-16(20)6-5-7-17(18)21-19(23)22-8-9-25-13-15(22)12-14(2)3/h5-7,14-15H,4,8-13H2,1-3H3,(H,21,23). The Morgan fingerprint density at radius 1 is 1.42 bits per heavy atom. The van der Waals surface area contributed by atoms with E-state index in [2.05, 4.69) is 19.2 Å². The number of carbonyl (C=O) groups is 1. The molecule has 2 amide bonds. The average molecular weight is 385 g/mol. The number of benzene rings is 1. The first-order valence-electron chi connectivity index (χ1n) is 9.17. The lowest BCUT2D eigenvalue weighted by Gasteiger charge is -2.36. The highest BCUT2D eigenvalue weighted by atomic mass is 35.5. The molecular formula is C19H29ClN2O4. The van der Waals surface area contributed by atoms with Crippen molar-refractivity contribution in [1.29, 1.82) is 0 Å². The van der Waals surface area contributed by atoms with Crippen molar-refractivity contribution < 1.29 is 19.0 Å². The van der Waals surface area contributed by atoms with Gasteiger partial charge in [0.05, 0.1) is 36.6 Å². The van der Waals surface area contributed by atoms with Gasteiger partial charge in [-0.15, -0.1) is 0 Å². The Morgan fingerprint density at radius 3 is 2.96 bits per heavy atom. The third kappa shape index (κ3) is 6.04. The minimum absolute atomic E-state index is 0.0743. The molecule has 2 rings (SSSR count). The normalized spacial score (nSPS) is 17.4. The molecule has 1 aromatic rings. The molecule has 1 N–H and O–H groups in total. The molecule has 1 unspecified atom stereocenters. The molecule has 1 aliphatic heterocycles. The van der Waals surface area contributed by atoms with E-state index in [0.29, 0.717) is 62.0 Å². The van der Waals surface area contributed by atoms with E-state index in [4.69, 9.17) is 25.8 Å². The van der Waals surface area contributed by atoms with Gasteiger partial charge >= 0.3 is 6.03 Å². The first-order chi connectivity index (χ1) is 12.5. The zero-order chi connectivity index (χ0) is 18.9. The molecule has 0 saturated carbocycles. The Kier molecular flexibility index (Phi) is 8.48. The number of morpholine rings is 1. The third-order valence-electron chi connectivity index (χ3n) is 4.12. The third-order valence-corrected chi connectivity index (χ3v) is 4.42. The van der Waals surface area contributed by atoms with Crippen molar-refractivity contribution >= 4 is 23.3 Å². The molecule has 1 saturated heterocycles. The van der Waals surface area contributed by atoms with Gasteiger partial charge < -0.3 is 24.4 Å². The zero-order valence-electron chi connectivity index (χ0n) is 15.8. The van der Waals surface area contributed by atoms with Gasteiger partial charge in [0.1, 0.15) is 6.61 Å². The van der Waals surface area contributed by atoms with Gasteiger partial charge in [0.25, 0.3) is 0 Å². The van der Waals surface area contributed by atoms with Crippen LogP contribution in [0.4, 0.5) is 10.5 Å². The Morgan fingerprint density at radius 2 is 2.23 bits per heavy atom. The number of anilines is 1. The SMILES string of the molecule is CCOCCOc1c(Cl)cccc1NC(=O)N1CCOCC1CC(C)C. The monoisotopic (exact) mass is 384 g/mol. The summed E-state index contributed by atoms with van der Waals surface area (Å²) in [4.78, 5) is 14.7. The summed E-state index contributed by atoms with van der Waals surface area (Å²) < 4.78 is 16.6. The Balaban J connectivity index is 2.06. The summed E-state index contributed by atoms with van der Waals surface area (Å²) in [7, 11) is 0. The number of amides is 2. The number of ether oxygens (including phenoxy) is 3. The maximum absolute atomic E-state index is 12.8. The molecule has 0 aromatic heterocycles. The largest absolute Gasteiger partial charge is 0.487 e. The van der Waals surface area contributed by atoms with Gasteiger partial charge in [0.15, 0.2) is 5.75 Å². The first-order valence-corrected chi connectivity index (χ1v) is 9.55. The van der Waals surface area contributed by atoms with E-state index in [1.165, 1.54) is 0 Å². The number of halogens is 1. The average Bonchev–Trinajstić information content (AvgIpc) is 2.60. The van der Waals surface area contributed by atoms with Crippen LogP contribution in [0.3, 0.4) is 0 Å². The van der Waals surface area contributed by atoms with Crippen molar-refractivity contribution in [2.45, 2.75) is 33.2 Å². The fraction of sp³-hybridized carbons (Fsp3) is 0.632. The second kappa shape index (κ2) is 10.6. The quantitative estimate of drug-likeness (QED) is 0.687. The van der Waals surface area contributed by atoms with Crippen LogP contribution in [0.15, 0.2) is 18.2 Å². The van der Waals surface area contributed by atoms with Crippen LogP contribution in [-0.4, -0.2) is 56.6 Å². The van der Waals surface area contributed by atoms with Gasteiger partial charge in [-0.3, -0.25) is 0 Å². The lowest BCUT2D eigenvalue weighted by atomic mass is 10.0. The van der Waals surface area contributed by atoms with Crippen molar-refractivity contribution in [2.24, 2.45) is 5.92 Å². The Hall–Kier alpha value is -1.50. The summed E-state index contributed by atoms with van der Waals surface area (Å²) in [6, 6.07) is 5.24. The zero-order valence-corrected chi connectivity index (χ0v) is 16.6. The van der Waals surface area contributed by atoms with Crippen molar-refractivity contribution in [3.8, 4) is 5.75 Å². The summed E-state index contributed by atoms with van der Waals surface area (Å²) in [5.41, 5.74) is 0.564. The number of para-hydroxylation sites is 1. The highest BCUT2D eigenvalue weighted by Crippen LogP contribution is 2.33. The van der Waals surface area contributed by atoms with Crippen molar-refractivity contribution in [3.05, 3.63) is 23.2 Å². The molecule has 0 aliphatic carbocycles. The molecule has 0 bridgehead atoms. The molecular weight excluding hydrogens is 356 g/mol. The van der Waals surface area contributed by atoms with Crippen LogP contribution in [0.2, 0.25) is 5.02 Å². The van der Waals surface area contributed by atoms with Crippen LogP contribution >= 0.6 is 11.6 Å². The molecule has 146 valence electrons. The van der Waals surface area contributed by atoms with Gasteiger partial charge in [-0.1, -0.05) is 31.5 Å². The molecule has 26 heavy (non-hydrogen) atoms. The molecule has 1 aliphatic rings. The number of nitrogens with zero attached hydrogens (tertiary/aromatic N) is 1. The van der Waals surface area contributed by atoms with Crippen LogP contribution in [0.25, 0.3) is 0 Å². The number of urea groups is 1. The lowest BCUT2D eigenvalue weighted by Crippen LogP contribution is -2.50.